The topological polar surface area (TPSA) is 75.3 Å². The summed E-state index contributed by atoms with van der Waals surface area (Å²) in [6, 6.07) is 16.8. The molecule has 0 unspecified atom stereocenters. The van der Waals surface area contributed by atoms with Crippen molar-refractivity contribution in [3.05, 3.63) is 77.4 Å². The zero-order chi connectivity index (χ0) is 17.6. The number of amides is 1. The zero-order valence-electron chi connectivity index (χ0n) is 13.6. The number of nitrogens with one attached hydrogen (secondary N) is 2. The molecule has 0 fully saturated rings. The van der Waals surface area contributed by atoms with Crippen LogP contribution in [0.2, 0.25) is 0 Å². The van der Waals surface area contributed by atoms with Crippen LogP contribution in [0.3, 0.4) is 0 Å². The van der Waals surface area contributed by atoms with Gasteiger partial charge in [-0.2, -0.15) is 0 Å². The van der Waals surface area contributed by atoms with Crippen LogP contribution in [-0.2, 0) is 16.0 Å². The minimum Gasteiger partial charge on any atom is -0.376 e. The van der Waals surface area contributed by atoms with Gasteiger partial charge in [0.15, 0.2) is 0 Å². The maximum absolute atomic E-state index is 12.0. The highest BCUT2D eigenvalue weighted by Gasteiger charge is 2.25. The van der Waals surface area contributed by atoms with Gasteiger partial charge in [0.05, 0.1) is 6.54 Å². The van der Waals surface area contributed by atoms with Crippen LogP contribution in [0.15, 0.2) is 60.7 Å². The molecule has 0 radical (unpaired) electrons. The lowest BCUT2D eigenvalue weighted by Crippen LogP contribution is -2.35. The van der Waals surface area contributed by atoms with Crippen LogP contribution in [0, 0.1) is 0 Å². The molecular formula is C20H18N2O3. The SMILES string of the molecule is O=C(CNC1=CC(=O)C(=O)c2ccccc21)NCCc1ccccc1. The van der Waals surface area contributed by atoms with Crippen molar-refractivity contribution in [2.45, 2.75) is 6.42 Å². The third-order valence-electron chi connectivity index (χ3n) is 3.98. The molecule has 0 bridgehead atoms. The van der Waals surface area contributed by atoms with Gasteiger partial charge in [-0.05, 0) is 12.0 Å². The summed E-state index contributed by atoms with van der Waals surface area (Å²) in [5.41, 5.74) is 2.66. The fourth-order valence-electron chi connectivity index (χ4n) is 2.70. The highest BCUT2D eigenvalue weighted by Crippen LogP contribution is 2.22. The van der Waals surface area contributed by atoms with Gasteiger partial charge in [0.2, 0.25) is 17.5 Å². The number of allylic oxidation sites excluding steroid dienone is 1. The van der Waals surface area contributed by atoms with Crippen LogP contribution in [0.5, 0.6) is 0 Å². The fourth-order valence-corrected chi connectivity index (χ4v) is 2.70. The van der Waals surface area contributed by atoms with Gasteiger partial charge in [-0.15, -0.1) is 0 Å². The van der Waals surface area contributed by atoms with Crippen molar-refractivity contribution >= 4 is 23.2 Å². The van der Waals surface area contributed by atoms with E-state index in [1.807, 2.05) is 30.3 Å². The Kier molecular flexibility index (Phi) is 5.04. The maximum Gasteiger partial charge on any atom is 0.239 e. The number of Topliss-reactive ketones (excluding diaryl/α,β-unsaturated/α-hetero) is 1. The number of carbonyl (C=O) groups excluding carboxylic acids is 3. The Balaban J connectivity index is 1.54. The summed E-state index contributed by atoms with van der Waals surface area (Å²) >= 11 is 0. The molecule has 5 heteroatoms. The number of fused-ring (bicyclic) bond motifs is 1. The summed E-state index contributed by atoms with van der Waals surface area (Å²) in [5, 5.41) is 5.79. The molecule has 0 saturated carbocycles. The van der Waals surface area contributed by atoms with E-state index >= 15 is 0 Å². The smallest absolute Gasteiger partial charge is 0.239 e. The Morgan fingerprint density at radius 2 is 1.56 bits per heavy atom. The molecule has 5 nitrogen and oxygen atoms in total. The molecule has 0 atom stereocenters. The van der Waals surface area contributed by atoms with E-state index in [9.17, 15) is 14.4 Å². The van der Waals surface area contributed by atoms with Crippen LogP contribution in [0.1, 0.15) is 21.5 Å². The Hall–Kier alpha value is -3.21. The number of benzene rings is 2. The predicted octanol–water partition coefficient (Wildman–Crippen LogP) is 1.74. The molecule has 1 amide bonds. The first-order valence-electron chi connectivity index (χ1n) is 8.09. The summed E-state index contributed by atoms with van der Waals surface area (Å²) in [6.45, 7) is 0.577. The quantitative estimate of drug-likeness (QED) is 0.789. The van der Waals surface area contributed by atoms with Crippen molar-refractivity contribution in [2.75, 3.05) is 13.1 Å². The molecule has 0 saturated heterocycles. The van der Waals surface area contributed by atoms with E-state index in [0.717, 1.165) is 12.0 Å². The van der Waals surface area contributed by atoms with Crippen molar-refractivity contribution in [3.8, 4) is 0 Å². The van der Waals surface area contributed by atoms with Crippen molar-refractivity contribution in [1.29, 1.82) is 0 Å². The van der Waals surface area contributed by atoms with E-state index in [4.69, 9.17) is 0 Å². The lowest BCUT2D eigenvalue weighted by molar-refractivity contribution is -0.120. The molecule has 0 aliphatic heterocycles. The number of ketones is 2. The van der Waals surface area contributed by atoms with Crippen LogP contribution in [0.25, 0.3) is 5.70 Å². The number of hydrogen-bond donors (Lipinski definition) is 2. The second kappa shape index (κ2) is 7.57. The summed E-state index contributed by atoms with van der Waals surface area (Å²) in [5.74, 6) is -1.27. The largest absolute Gasteiger partial charge is 0.376 e. The third-order valence-corrected chi connectivity index (χ3v) is 3.98. The molecule has 25 heavy (non-hydrogen) atoms. The van der Waals surface area contributed by atoms with Gasteiger partial charge in [-0.1, -0.05) is 54.6 Å². The standard InChI is InChI=1S/C20H18N2O3/c23-18-12-17(15-8-4-5-9-16(15)20(18)25)22-13-19(24)21-11-10-14-6-2-1-3-7-14/h1-9,12,22H,10-11,13H2,(H,21,24). The fraction of sp³-hybridized carbons (Fsp3) is 0.150. The van der Waals surface area contributed by atoms with Gasteiger partial charge in [0.25, 0.3) is 0 Å². The molecule has 2 N–H and O–H groups in total. The number of hydrogen-bond acceptors (Lipinski definition) is 4. The van der Waals surface area contributed by atoms with Crippen molar-refractivity contribution < 1.29 is 14.4 Å². The third kappa shape index (κ3) is 4.01. The highest BCUT2D eigenvalue weighted by atomic mass is 16.2. The number of rotatable bonds is 6. The second-order valence-electron chi connectivity index (χ2n) is 5.74. The first-order valence-corrected chi connectivity index (χ1v) is 8.09. The lowest BCUT2D eigenvalue weighted by Gasteiger charge is -2.17. The van der Waals surface area contributed by atoms with E-state index in [0.29, 0.717) is 23.4 Å². The predicted molar refractivity (Wildman–Crippen MR) is 94.9 cm³/mol. The maximum atomic E-state index is 12.0. The molecule has 1 aliphatic carbocycles. The summed E-state index contributed by atoms with van der Waals surface area (Å²) < 4.78 is 0. The lowest BCUT2D eigenvalue weighted by atomic mass is 9.93. The van der Waals surface area contributed by atoms with E-state index in [1.54, 1.807) is 24.3 Å². The summed E-state index contributed by atoms with van der Waals surface area (Å²) in [7, 11) is 0. The van der Waals surface area contributed by atoms with Gasteiger partial charge in [0, 0.05) is 29.4 Å². The van der Waals surface area contributed by atoms with Crippen molar-refractivity contribution in [1.82, 2.24) is 10.6 Å². The van der Waals surface area contributed by atoms with Gasteiger partial charge >= 0.3 is 0 Å². The molecule has 0 heterocycles. The van der Waals surface area contributed by atoms with Crippen LogP contribution in [-0.4, -0.2) is 30.6 Å². The summed E-state index contributed by atoms with van der Waals surface area (Å²) in [4.78, 5) is 35.6. The molecule has 0 aromatic heterocycles. The molecule has 0 spiro atoms. The van der Waals surface area contributed by atoms with Crippen LogP contribution in [0.4, 0.5) is 0 Å². The van der Waals surface area contributed by atoms with E-state index in [1.165, 1.54) is 6.08 Å². The average molecular weight is 334 g/mol. The van der Waals surface area contributed by atoms with E-state index in [-0.39, 0.29) is 12.5 Å². The Labute approximate surface area is 145 Å². The molecule has 1 aliphatic rings. The molecule has 126 valence electrons. The Morgan fingerprint density at radius 1 is 0.880 bits per heavy atom. The van der Waals surface area contributed by atoms with E-state index < -0.39 is 11.6 Å². The van der Waals surface area contributed by atoms with Gasteiger partial charge in [-0.3, -0.25) is 14.4 Å². The zero-order valence-corrected chi connectivity index (χ0v) is 13.6. The molecule has 3 rings (SSSR count). The van der Waals surface area contributed by atoms with Crippen molar-refractivity contribution in [3.63, 3.8) is 0 Å². The van der Waals surface area contributed by atoms with Crippen LogP contribution < -0.4 is 10.6 Å². The highest BCUT2D eigenvalue weighted by molar-refractivity contribution is 6.50. The van der Waals surface area contributed by atoms with Crippen LogP contribution >= 0.6 is 0 Å². The van der Waals surface area contributed by atoms with Gasteiger partial charge in [0.1, 0.15) is 0 Å². The average Bonchev–Trinajstić information content (AvgIpc) is 2.64. The molecular weight excluding hydrogens is 316 g/mol. The summed E-state index contributed by atoms with van der Waals surface area (Å²) in [6.07, 6.45) is 2.01. The van der Waals surface area contributed by atoms with Crippen molar-refractivity contribution in [2.24, 2.45) is 0 Å². The first-order chi connectivity index (χ1) is 12.1. The first kappa shape index (κ1) is 16.6. The van der Waals surface area contributed by atoms with E-state index in [2.05, 4.69) is 10.6 Å². The monoisotopic (exact) mass is 334 g/mol. The second-order valence-corrected chi connectivity index (χ2v) is 5.74. The Morgan fingerprint density at radius 3 is 2.32 bits per heavy atom. The minimum atomic E-state index is -0.578. The Bertz CT molecular complexity index is 841. The minimum absolute atomic E-state index is 0.0381. The van der Waals surface area contributed by atoms with Gasteiger partial charge < -0.3 is 10.6 Å². The normalized spacial score (nSPS) is 13.0. The van der Waals surface area contributed by atoms with Gasteiger partial charge in [-0.25, -0.2) is 0 Å². The molecule has 2 aromatic rings. The molecule has 2 aromatic carbocycles. The number of carbonyl (C=O) groups is 3.